The second-order valence-electron chi connectivity index (χ2n) is 4.39. The number of halogens is 1. The third-order valence-electron chi connectivity index (χ3n) is 2.96. The van der Waals surface area contributed by atoms with Gasteiger partial charge in [0.25, 0.3) is 0 Å². The first kappa shape index (κ1) is 14.8. The Bertz CT molecular complexity index is 575. The van der Waals surface area contributed by atoms with Crippen LogP contribution < -0.4 is 10.1 Å². The lowest BCUT2D eigenvalue weighted by Gasteiger charge is -2.13. The quantitative estimate of drug-likeness (QED) is 0.871. The number of rotatable bonds is 6. The summed E-state index contributed by atoms with van der Waals surface area (Å²) in [6.07, 6.45) is 3.44. The minimum atomic E-state index is 0.484. The van der Waals surface area contributed by atoms with Crippen LogP contribution in [0.3, 0.4) is 0 Å². The number of aromatic nitrogens is 2. The summed E-state index contributed by atoms with van der Waals surface area (Å²) in [5.41, 5.74) is 2.13. The first-order valence-electron chi connectivity index (χ1n) is 6.64. The number of hydrogen-bond donors (Lipinski definition) is 1. The van der Waals surface area contributed by atoms with Crippen LogP contribution in [0.5, 0.6) is 5.88 Å². The lowest BCUT2D eigenvalue weighted by atomic mass is 10.1. The van der Waals surface area contributed by atoms with Crippen LogP contribution in [0.25, 0.3) is 0 Å². The van der Waals surface area contributed by atoms with Crippen molar-refractivity contribution in [1.29, 1.82) is 0 Å². The zero-order valence-corrected chi connectivity index (χ0v) is 13.3. The average Bonchev–Trinajstić information content (AvgIpc) is 2.47. The fourth-order valence-corrected chi connectivity index (χ4v) is 2.37. The van der Waals surface area contributed by atoms with Crippen LogP contribution in [0.1, 0.15) is 24.5 Å². The van der Waals surface area contributed by atoms with E-state index in [9.17, 15) is 0 Å². The van der Waals surface area contributed by atoms with Crippen LogP contribution >= 0.6 is 15.9 Å². The Labute approximate surface area is 127 Å². The molecule has 0 radical (unpaired) electrons. The Kier molecular flexibility index (Phi) is 5.35. The Balaban J connectivity index is 2.19. The molecule has 1 aromatic heterocycles. The van der Waals surface area contributed by atoms with E-state index in [4.69, 9.17) is 4.74 Å². The standard InChI is InChI=1S/C15H18BrN3O/c1-3-6-12-14(17-2)18-10-19-15(12)20-9-11-7-4-5-8-13(11)16/h4-5,7-8,10H,3,6,9H2,1-2H3,(H,17,18,19). The molecule has 0 atom stereocenters. The molecule has 0 aliphatic heterocycles. The van der Waals surface area contributed by atoms with Gasteiger partial charge in [0.05, 0.1) is 5.56 Å². The molecule has 0 amide bonds. The largest absolute Gasteiger partial charge is 0.472 e. The van der Waals surface area contributed by atoms with Crippen molar-refractivity contribution < 1.29 is 4.74 Å². The van der Waals surface area contributed by atoms with Crippen molar-refractivity contribution in [3.8, 4) is 5.88 Å². The Morgan fingerprint density at radius 1 is 1.25 bits per heavy atom. The van der Waals surface area contributed by atoms with Gasteiger partial charge >= 0.3 is 0 Å². The summed E-state index contributed by atoms with van der Waals surface area (Å²) in [6.45, 7) is 2.61. The van der Waals surface area contributed by atoms with Crippen molar-refractivity contribution in [3.63, 3.8) is 0 Å². The van der Waals surface area contributed by atoms with Gasteiger partial charge in [0, 0.05) is 17.1 Å². The van der Waals surface area contributed by atoms with E-state index in [0.717, 1.165) is 34.3 Å². The molecule has 0 aliphatic carbocycles. The van der Waals surface area contributed by atoms with Crippen molar-refractivity contribution in [2.45, 2.75) is 26.4 Å². The number of benzene rings is 1. The van der Waals surface area contributed by atoms with Crippen molar-refractivity contribution >= 4 is 21.7 Å². The highest BCUT2D eigenvalue weighted by atomic mass is 79.9. The predicted molar refractivity (Wildman–Crippen MR) is 84.0 cm³/mol. The molecule has 0 aliphatic rings. The van der Waals surface area contributed by atoms with E-state index in [-0.39, 0.29) is 0 Å². The van der Waals surface area contributed by atoms with Crippen molar-refractivity contribution in [1.82, 2.24) is 9.97 Å². The summed E-state index contributed by atoms with van der Waals surface area (Å²) in [7, 11) is 1.86. The highest BCUT2D eigenvalue weighted by Crippen LogP contribution is 2.25. The smallest absolute Gasteiger partial charge is 0.222 e. The molecule has 0 saturated carbocycles. The second kappa shape index (κ2) is 7.24. The third-order valence-corrected chi connectivity index (χ3v) is 3.74. The van der Waals surface area contributed by atoms with Crippen molar-refractivity contribution in [2.75, 3.05) is 12.4 Å². The molecule has 106 valence electrons. The van der Waals surface area contributed by atoms with Gasteiger partial charge in [-0.15, -0.1) is 0 Å². The summed E-state index contributed by atoms with van der Waals surface area (Å²) in [6, 6.07) is 8.02. The van der Waals surface area contributed by atoms with Gasteiger partial charge in [-0.2, -0.15) is 0 Å². The average molecular weight is 336 g/mol. The normalized spacial score (nSPS) is 10.3. The number of anilines is 1. The maximum atomic E-state index is 5.88. The highest BCUT2D eigenvalue weighted by molar-refractivity contribution is 9.10. The molecule has 2 aromatic rings. The summed E-state index contributed by atoms with van der Waals surface area (Å²) in [4.78, 5) is 8.50. The monoisotopic (exact) mass is 335 g/mol. The van der Waals surface area contributed by atoms with Gasteiger partial charge in [-0.05, 0) is 12.5 Å². The molecule has 5 heteroatoms. The number of hydrogen-bond acceptors (Lipinski definition) is 4. The predicted octanol–water partition coefficient (Wildman–Crippen LogP) is 3.81. The van der Waals surface area contributed by atoms with Gasteiger partial charge in [-0.1, -0.05) is 47.5 Å². The zero-order valence-electron chi connectivity index (χ0n) is 11.7. The summed E-state index contributed by atoms with van der Waals surface area (Å²) >= 11 is 3.52. The van der Waals surface area contributed by atoms with Gasteiger partial charge in [0.15, 0.2) is 0 Å². The van der Waals surface area contributed by atoms with E-state index in [2.05, 4.69) is 38.1 Å². The summed E-state index contributed by atoms with van der Waals surface area (Å²) in [5, 5.41) is 3.09. The molecular formula is C15H18BrN3O. The lowest BCUT2D eigenvalue weighted by Crippen LogP contribution is -2.06. The van der Waals surface area contributed by atoms with Crippen LogP contribution in [-0.2, 0) is 13.0 Å². The molecule has 0 fully saturated rings. The van der Waals surface area contributed by atoms with E-state index < -0.39 is 0 Å². The third kappa shape index (κ3) is 3.48. The van der Waals surface area contributed by atoms with Crippen LogP contribution in [-0.4, -0.2) is 17.0 Å². The number of nitrogens with one attached hydrogen (secondary N) is 1. The van der Waals surface area contributed by atoms with Gasteiger partial charge in [-0.25, -0.2) is 9.97 Å². The fraction of sp³-hybridized carbons (Fsp3) is 0.333. The molecule has 20 heavy (non-hydrogen) atoms. The molecule has 0 unspecified atom stereocenters. The van der Waals surface area contributed by atoms with E-state index in [1.807, 2.05) is 31.3 Å². The maximum absolute atomic E-state index is 5.88. The van der Waals surface area contributed by atoms with Crippen molar-refractivity contribution in [2.24, 2.45) is 0 Å². The zero-order chi connectivity index (χ0) is 14.4. The molecule has 0 spiro atoms. The fourth-order valence-electron chi connectivity index (χ4n) is 1.97. The Morgan fingerprint density at radius 3 is 2.75 bits per heavy atom. The first-order chi connectivity index (χ1) is 9.76. The number of nitrogens with zero attached hydrogens (tertiary/aromatic N) is 2. The molecule has 2 rings (SSSR count). The van der Waals surface area contributed by atoms with Crippen LogP contribution in [0, 0.1) is 0 Å². The van der Waals surface area contributed by atoms with Crippen molar-refractivity contribution in [3.05, 3.63) is 46.2 Å². The van der Waals surface area contributed by atoms with E-state index >= 15 is 0 Å². The molecular weight excluding hydrogens is 318 g/mol. The van der Waals surface area contributed by atoms with E-state index in [1.165, 1.54) is 6.33 Å². The first-order valence-corrected chi connectivity index (χ1v) is 7.43. The molecule has 1 heterocycles. The summed E-state index contributed by atoms with van der Waals surface area (Å²) < 4.78 is 6.92. The van der Waals surface area contributed by atoms with Gasteiger partial charge < -0.3 is 10.1 Å². The topological polar surface area (TPSA) is 47.0 Å². The summed E-state index contributed by atoms with van der Waals surface area (Å²) in [5.74, 6) is 1.49. The Morgan fingerprint density at radius 2 is 2.05 bits per heavy atom. The van der Waals surface area contributed by atoms with Gasteiger partial charge in [0.1, 0.15) is 18.8 Å². The molecule has 0 bridgehead atoms. The minimum Gasteiger partial charge on any atom is -0.472 e. The SMILES string of the molecule is CCCc1c(NC)ncnc1OCc1ccccc1Br. The molecule has 0 saturated heterocycles. The Hall–Kier alpha value is -1.62. The molecule has 1 N–H and O–H groups in total. The second-order valence-corrected chi connectivity index (χ2v) is 5.24. The van der Waals surface area contributed by atoms with Gasteiger partial charge in [0.2, 0.25) is 5.88 Å². The molecule has 1 aromatic carbocycles. The minimum absolute atomic E-state index is 0.484. The highest BCUT2D eigenvalue weighted by Gasteiger charge is 2.11. The molecule has 4 nitrogen and oxygen atoms in total. The van der Waals surface area contributed by atoms with E-state index in [1.54, 1.807) is 0 Å². The van der Waals surface area contributed by atoms with E-state index in [0.29, 0.717) is 12.5 Å². The number of ether oxygens (including phenoxy) is 1. The van der Waals surface area contributed by atoms with Crippen LogP contribution in [0.4, 0.5) is 5.82 Å². The van der Waals surface area contributed by atoms with Gasteiger partial charge in [-0.3, -0.25) is 0 Å². The van der Waals surface area contributed by atoms with Crippen LogP contribution in [0.2, 0.25) is 0 Å². The van der Waals surface area contributed by atoms with Crippen LogP contribution in [0.15, 0.2) is 35.1 Å². The maximum Gasteiger partial charge on any atom is 0.222 e. The lowest BCUT2D eigenvalue weighted by molar-refractivity contribution is 0.289.